The minimum absolute atomic E-state index is 0.0884. The number of nitrogens with two attached hydrogens (primary N) is 1. The van der Waals surface area contributed by atoms with Gasteiger partial charge < -0.3 is 21.1 Å². The maximum atomic E-state index is 12.6. The zero-order valence-corrected chi connectivity index (χ0v) is 11.0. The van der Waals surface area contributed by atoms with E-state index in [9.17, 15) is 14.0 Å². The molecule has 0 aliphatic carbocycles. The van der Waals surface area contributed by atoms with Gasteiger partial charge in [0.2, 0.25) is 11.8 Å². The van der Waals surface area contributed by atoms with Crippen molar-refractivity contribution in [1.82, 2.24) is 10.6 Å². The second-order valence-electron chi connectivity index (χ2n) is 3.99. The molecule has 1 aromatic rings. The van der Waals surface area contributed by atoms with Gasteiger partial charge in [0.1, 0.15) is 11.6 Å². The molecule has 0 aromatic heterocycles. The van der Waals surface area contributed by atoms with E-state index < -0.39 is 0 Å². The minimum atomic E-state index is -0.375. The molecule has 0 radical (unpaired) electrons. The third kappa shape index (κ3) is 6.69. The zero-order valence-electron chi connectivity index (χ0n) is 11.0. The predicted octanol–water partition coefficient (Wildman–Crippen LogP) is -0.214. The molecular formula is C13H18FN3O3. The lowest BCUT2D eigenvalue weighted by Gasteiger charge is -2.08. The molecule has 2 amide bonds. The van der Waals surface area contributed by atoms with E-state index in [-0.39, 0.29) is 30.7 Å². The molecular weight excluding hydrogens is 265 g/mol. The first kappa shape index (κ1) is 15.9. The normalized spacial score (nSPS) is 9.90. The van der Waals surface area contributed by atoms with Gasteiger partial charge in [0, 0.05) is 6.54 Å². The average molecular weight is 283 g/mol. The Bertz CT molecular complexity index is 437. The smallest absolute Gasteiger partial charge is 0.239 e. The van der Waals surface area contributed by atoms with Gasteiger partial charge in [-0.3, -0.25) is 9.59 Å². The van der Waals surface area contributed by atoms with Gasteiger partial charge in [-0.2, -0.15) is 0 Å². The summed E-state index contributed by atoms with van der Waals surface area (Å²) in [5.74, 6) is -0.398. The van der Waals surface area contributed by atoms with Crippen molar-refractivity contribution >= 4 is 11.8 Å². The highest BCUT2D eigenvalue weighted by Gasteiger charge is 2.02. The first-order valence-corrected chi connectivity index (χ1v) is 6.23. The van der Waals surface area contributed by atoms with Gasteiger partial charge in [-0.25, -0.2) is 4.39 Å². The molecule has 1 aromatic carbocycles. The Labute approximate surface area is 116 Å². The Morgan fingerprint density at radius 2 is 1.85 bits per heavy atom. The molecule has 0 saturated carbocycles. The Morgan fingerprint density at radius 1 is 1.15 bits per heavy atom. The van der Waals surface area contributed by atoms with E-state index >= 15 is 0 Å². The topological polar surface area (TPSA) is 93.5 Å². The van der Waals surface area contributed by atoms with E-state index in [2.05, 4.69) is 10.6 Å². The van der Waals surface area contributed by atoms with Crippen molar-refractivity contribution in [3.05, 3.63) is 30.1 Å². The molecule has 0 unspecified atom stereocenters. The van der Waals surface area contributed by atoms with Gasteiger partial charge in [-0.15, -0.1) is 0 Å². The number of nitrogens with one attached hydrogen (secondary N) is 2. The number of amides is 2. The van der Waals surface area contributed by atoms with Crippen LogP contribution in [0.5, 0.6) is 5.75 Å². The summed E-state index contributed by atoms with van der Waals surface area (Å²) in [7, 11) is 0. The molecule has 1 rings (SSSR count). The number of carbonyl (C=O) groups excluding carboxylic acids is 2. The second-order valence-corrected chi connectivity index (χ2v) is 3.99. The number of rotatable bonds is 8. The lowest BCUT2D eigenvalue weighted by atomic mass is 10.3. The monoisotopic (exact) mass is 283 g/mol. The van der Waals surface area contributed by atoms with Crippen molar-refractivity contribution in [3.63, 3.8) is 0 Å². The lowest BCUT2D eigenvalue weighted by Crippen LogP contribution is -2.39. The van der Waals surface area contributed by atoms with Crippen LogP contribution in [0.15, 0.2) is 24.3 Å². The van der Waals surface area contributed by atoms with Gasteiger partial charge in [0.05, 0.1) is 19.7 Å². The van der Waals surface area contributed by atoms with E-state index in [1.807, 2.05) is 0 Å². The van der Waals surface area contributed by atoms with Crippen LogP contribution < -0.4 is 21.1 Å². The fraction of sp³-hybridized carbons (Fsp3) is 0.385. The third-order valence-electron chi connectivity index (χ3n) is 2.36. The van der Waals surface area contributed by atoms with Crippen LogP contribution in [0.4, 0.5) is 4.39 Å². The molecule has 0 bridgehead atoms. The highest BCUT2D eigenvalue weighted by molar-refractivity contribution is 5.85. The SMILES string of the molecule is NCC(=O)NCC(=O)NCCCOc1ccc(F)cc1. The molecule has 7 heteroatoms. The summed E-state index contributed by atoms with van der Waals surface area (Å²) in [6.07, 6.45) is 0.605. The number of hydrogen-bond acceptors (Lipinski definition) is 4. The Kier molecular flexibility index (Phi) is 7.05. The van der Waals surface area contributed by atoms with E-state index in [0.717, 1.165) is 0 Å². The molecule has 4 N–H and O–H groups in total. The van der Waals surface area contributed by atoms with Crippen molar-refractivity contribution in [2.24, 2.45) is 5.73 Å². The highest BCUT2D eigenvalue weighted by atomic mass is 19.1. The highest BCUT2D eigenvalue weighted by Crippen LogP contribution is 2.10. The zero-order chi connectivity index (χ0) is 14.8. The molecule has 0 aliphatic rings. The quantitative estimate of drug-likeness (QED) is 0.575. The predicted molar refractivity (Wildman–Crippen MR) is 71.6 cm³/mol. The maximum absolute atomic E-state index is 12.6. The standard InChI is InChI=1S/C13H18FN3O3/c14-10-2-4-11(5-3-10)20-7-1-6-16-13(19)9-17-12(18)8-15/h2-5H,1,6-9,15H2,(H,16,19)(H,17,18). The van der Waals surface area contributed by atoms with Crippen LogP contribution in [-0.4, -0.2) is 38.1 Å². The number of carbonyl (C=O) groups is 2. The molecule has 0 aliphatic heterocycles. The lowest BCUT2D eigenvalue weighted by molar-refractivity contribution is -0.125. The van der Waals surface area contributed by atoms with Crippen LogP contribution in [-0.2, 0) is 9.59 Å². The van der Waals surface area contributed by atoms with Crippen molar-refractivity contribution in [2.75, 3.05) is 26.2 Å². The number of halogens is 1. The molecule has 6 nitrogen and oxygen atoms in total. The Morgan fingerprint density at radius 3 is 2.50 bits per heavy atom. The van der Waals surface area contributed by atoms with Gasteiger partial charge in [-0.05, 0) is 30.7 Å². The second kappa shape index (κ2) is 8.87. The van der Waals surface area contributed by atoms with Crippen molar-refractivity contribution in [3.8, 4) is 5.75 Å². The summed E-state index contributed by atoms with van der Waals surface area (Å²) < 4.78 is 18.0. The Balaban J connectivity index is 2.05. The largest absolute Gasteiger partial charge is 0.494 e. The fourth-order valence-corrected chi connectivity index (χ4v) is 1.33. The minimum Gasteiger partial charge on any atom is -0.494 e. The Hall–Kier alpha value is -2.15. The van der Waals surface area contributed by atoms with Gasteiger partial charge >= 0.3 is 0 Å². The fourth-order valence-electron chi connectivity index (χ4n) is 1.33. The summed E-state index contributed by atoms with van der Waals surface area (Å²) in [6.45, 7) is 0.604. The van der Waals surface area contributed by atoms with E-state index in [4.69, 9.17) is 10.5 Å². The van der Waals surface area contributed by atoms with Gasteiger partial charge in [0.15, 0.2) is 0 Å². The molecule has 20 heavy (non-hydrogen) atoms. The average Bonchev–Trinajstić information content (AvgIpc) is 2.46. The van der Waals surface area contributed by atoms with Crippen LogP contribution in [0.3, 0.4) is 0 Å². The molecule has 0 saturated heterocycles. The molecule has 0 atom stereocenters. The van der Waals surface area contributed by atoms with Gasteiger partial charge in [0.25, 0.3) is 0 Å². The van der Waals surface area contributed by atoms with Crippen molar-refractivity contribution in [2.45, 2.75) is 6.42 Å². The summed E-state index contributed by atoms with van der Waals surface area (Å²) in [6, 6.07) is 5.71. The number of benzene rings is 1. The summed E-state index contributed by atoms with van der Waals surface area (Å²) >= 11 is 0. The van der Waals surface area contributed by atoms with Crippen molar-refractivity contribution in [1.29, 1.82) is 0 Å². The van der Waals surface area contributed by atoms with Gasteiger partial charge in [-0.1, -0.05) is 0 Å². The van der Waals surface area contributed by atoms with Crippen molar-refractivity contribution < 1.29 is 18.7 Å². The van der Waals surface area contributed by atoms with E-state index in [0.29, 0.717) is 25.3 Å². The number of hydrogen-bond donors (Lipinski definition) is 3. The first-order chi connectivity index (χ1) is 9.61. The maximum Gasteiger partial charge on any atom is 0.239 e. The summed E-state index contributed by atoms with van der Waals surface area (Å²) in [5, 5.41) is 4.98. The number of ether oxygens (including phenoxy) is 1. The summed E-state index contributed by atoms with van der Waals surface area (Å²) in [4.78, 5) is 22.1. The van der Waals surface area contributed by atoms with Crippen LogP contribution in [0, 0.1) is 5.82 Å². The molecule has 0 spiro atoms. The van der Waals surface area contributed by atoms with Crippen LogP contribution in [0.1, 0.15) is 6.42 Å². The van der Waals surface area contributed by atoms with E-state index in [1.165, 1.54) is 24.3 Å². The van der Waals surface area contributed by atoms with Crippen LogP contribution in [0.25, 0.3) is 0 Å². The molecule has 0 fully saturated rings. The van der Waals surface area contributed by atoms with Crippen LogP contribution >= 0.6 is 0 Å². The van der Waals surface area contributed by atoms with E-state index in [1.54, 1.807) is 0 Å². The third-order valence-corrected chi connectivity index (χ3v) is 2.36. The molecule has 0 heterocycles. The van der Waals surface area contributed by atoms with Crippen LogP contribution in [0.2, 0.25) is 0 Å². The first-order valence-electron chi connectivity index (χ1n) is 6.23. The summed E-state index contributed by atoms with van der Waals surface area (Å²) in [5.41, 5.74) is 5.08. The molecule has 110 valence electrons.